The Morgan fingerprint density at radius 2 is 1.86 bits per heavy atom. The Morgan fingerprint density at radius 1 is 1.11 bits per heavy atom. The highest BCUT2D eigenvalue weighted by Gasteiger charge is 2.63. The number of benzene rings is 4. The van der Waals surface area contributed by atoms with Crippen LogP contribution in [0.4, 0.5) is 27.6 Å². The van der Waals surface area contributed by atoms with Crippen LogP contribution in [0.2, 0.25) is 5.02 Å². The van der Waals surface area contributed by atoms with Gasteiger partial charge in [0.2, 0.25) is 5.91 Å². The Bertz CT molecular complexity index is 2870. The van der Waals surface area contributed by atoms with Gasteiger partial charge in [-0.3, -0.25) is 24.2 Å². The first-order chi connectivity index (χ1) is 30.1. The number of aliphatic hydroxyl groups excluding tert-OH is 1. The Labute approximate surface area is 366 Å². The number of aliphatic hydroxyl groups is 1. The number of ether oxygens (including phenoxy) is 1. The van der Waals surface area contributed by atoms with Crippen molar-refractivity contribution in [3.05, 3.63) is 133 Å². The first-order valence-corrected chi connectivity index (χ1v) is 21.3. The van der Waals surface area contributed by atoms with Crippen molar-refractivity contribution in [1.29, 1.82) is 5.41 Å². The normalized spacial score (nSPS) is 18.0. The molecule has 19 heteroatoms. The van der Waals surface area contributed by atoms with Crippen LogP contribution in [0.15, 0.2) is 71.5 Å². The number of amides is 1. The number of alkyl halides is 3. The van der Waals surface area contributed by atoms with Gasteiger partial charge in [-0.1, -0.05) is 35.7 Å². The summed E-state index contributed by atoms with van der Waals surface area (Å²) in [6.07, 6.45) is -1.31. The number of aromatic nitrogens is 4. The summed E-state index contributed by atoms with van der Waals surface area (Å²) in [5.74, 6) is -3.44. The van der Waals surface area contributed by atoms with Gasteiger partial charge < -0.3 is 25.2 Å². The van der Waals surface area contributed by atoms with Gasteiger partial charge in [0.25, 0.3) is 12.0 Å². The van der Waals surface area contributed by atoms with E-state index in [0.717, 1.165) is 28.8 Å². The summed E-state index contributed by atoms with van der Waals surface area (Å²) in [5.41, 5.74) is -0.957. The van der Waals surface area contributed by atoms with Crippen LogP contribution in [0.5, 0.6) is 5.75 Å². The van der Waals surface area contributed by atoms with Gasteiger partial charge in [0, 0.05) is 37.3 Å². The maximum atomic E-state index is 16.2. The summed E-state index contributed by atoms with van der Waals surface area (Å²) in [7, 11) is 3.04. The zero-order valence-corrected chi connectivity index (χ0v) is 35.7. The molecule has 1 amide bonds. The molecule has 2 aliphatic carbocycles. The van der Waals surface area contributed by atoms with Crippen LogP contribution in [0.25, 0.3) is 27.7 Å². The molecule has 2 heterocycles. The van der Waals surface area contributed by atoms with Crippen LogP contribution >= 0.6 is 23.5 Å². The fraction of sp³-hybridized carbons (Fsp3) is 0.295. The number of methoxy groups -OCH3 is 1. The lowest BCUT2D eigenvalue weighted by molar-refractivity contribution is -0.122. The molecule has 5 N–H and O–H groups in total. The smallest absolute Gasteiger partial charge is 0.282 e. The summed E-state index contributed by atoms with van der Waals surface area (Å²) in [5, 5.41) is 29.2. The van der Waals surface area contributed by atoms with Crippen LogP contribution in [0.3, 0.4) is 0 Å². The Hall–Kier alpha value is -5.98. The number of fused-ring (bicyclic) bond motifs is 4. The lowest BCUT2D eigenvalue weighted by Crippen LogP contribution is -2.38. The summed E-state index contributed by atoms with van der Waals surface area (Å²) >= 11 is 7.79. The quantitative estimate of drug-likeness (QED) is 0.0314. The molecule has 6 aromatic rings. The third-order valence-electron chi connectivity index (χ3n) is 11.6. The standard InChI is InChI=1S/C44H40ClF5N8O4S/c1-44(50)29-17-28(29)35-38(40(48)49)55-57(39(35)44)18-34(60)53-32(13-20-11-23(46)16-24(47)12-20)42-54-31-15-21(26-8-6-25(62-3)14-22(26)19-59)5-7-27(31)43(61)58(42)33-10-9-30(45)36(37(33)52-2)41(51)56-63-4/h5-12,14-16,28-29,32,40,52,59H,13,17-19H2,1-4H3,(H2,51,56)(H,53,60). The molecule has 0 aliphatic heterocycles. The Morgan fingerprint density at radius 3 is 2.52 bits per heavy atom. The molecule has 12 nitrogen and oxygen atoms in total. The minimum absolute atomic E-state index is 0.0474. The monoisotopic (exact) mass is 906 g/mol. The SMILES string of the molecule is CNc1c(-n2c(C(Cc3cc(F)cc(F)c3)NC(=O)Cn3nc(C(F)F)c4c3C(C)(F)C3CC43)nc3cc(-c4ccc(OC)cc4CO)ccc3c2=O)ccc(Cl)c1C(=N)NSC. The van der Waals surface area contributed by atoms with Gasteiger partial charge in [-0.2, -0.15) is 5.10 Å². The van der Waals surface area contributed by atoms with Crippen molar-refractivity contribution < 1.29 is 36.6 Å². The van der Waals surface area contributed by atoms with Crippen molar-refractivity contribution in [1.82, 2.24) is 29.4 Å². The number of nitrogens with zero attached hydrogens (tertiary/aromatic N) is 4. The molecule has 4 unspecified atom stereocenters. The first-order valence-electron chi connectivity index (χ1n) is 19.7. The van der Waals surface area contributed by atoms with Crippen molar-refractivity contribution >= 4 is 51.9 Å². The first kappa shape index (κ1) is 43.7. The predicted molar refractivity (Wildman–Crippen MR) is 231 cm³/mol. The molecule has 1 saturated carbocycles. The summed E-state index contributed by atoms with van der Waals surface area (Å²) in [6, 6.07) is 14.3. The number of carbonyl (C=O) groups is 1. The number of nitrogens with one attached hydrogen (secondary N) is 4. The van der Waals surface area contributed by atoms with E-state index in [-0.39, 0.29) is 74.4 Å². The van der Waals surface area contributed by atoms with Crippen LogP contribution in [0, 0.1) is 23.0 Å². The molecule has 2 aromatic heterocycles. The summed E-state index contributed by atoms with van der Waals surface area (Å²) in [4.78, 5) is 34.4. The summed E-state index contributed by atoms with van der Waals surface area (Å²) < 4.78 is 84.7. The molecule has 0 bridgehead atoms. The van der Waals surface area contributed by atoms with Gasteiger partial charge >= 0.3 is 0 Å². The van der Waals surface area contributed by atoms with Crippen molar-refractivity contribution in [2.75, 3.05) is 25.7 Å². The number of amidine groups is 1. The van der Waals surface area contributed by atoms with Gasteiger partial charge in [0.1, 0.15) is 41.3 Å². The highest BCUT2D eigenvalue weighted by atomic mass is 35.5. The van der Waals surface area contributed by atoms with E-state index in [4.69, 9.17) is 26.7 Å². The molecule has 328 valence electrons. The maximum Gasteiger partial charge on any atom is 0.282 e. The maximum absolute atomic E-state index is 16.2. The van der Waals surface area contributed by atoms with Gasteiger partial charge in [-0.05, 0) is 90.0 Å². The number of carbonyl (C=O) groups excluding carboxylic acids is 1. The molecule has 63 heavy (non-hydrogen) atoms. The van der Waals surface area contributed by atoms with E-state index in [1.807, 2.05) is 0 Å². The third kappa shape index (κ3) is 7.88. The van der Waals surface area contributed by atoms with Crippen molar-refractivity contribution in [2.24, 2.45) is 5.92 Å². The fourth-order valence-electron chi connectivity index (χ4n) is 8.84. The average molecular weight is 907 g/mol. The largest absolute Gasteiger partial charge is 0.497 e. The van der Waals surface area contributed by atoms with E-state index < -0.39 is 65.3 Å². The zero-order chi connectivity index (χ0) is 45.1. The minimum Gasteiger partial charge on any atom is -0.497 e. The van der Waals surface area contributed by atoms with Crippen molar-refractivity contribution in [2.45, 2.75) is 57.0 Å². The highest BCUT2D eigenvalue weighted by Crippen LogP contribution is 2.67. The van der Waals surface area contributed by atoms with Crippen LogP contribution in [0.1, 0.15) is 71.2 Å². The second-order valence-electron chi connectivity index (χ2n) is 15.5. The molecule has 1 fully saturated rings. The number of hydrogen-bond acceptors (Lipinski definition) is 9. The Kier molecular flexibility index (Phi) is 11.7. The predicted octanol–water partition coefficient (Wildman–Crippen LogP) is 8.26. The van der Waals surface area contributed by atoms with Crippen molar-refractivity contribution in [3.8, 4) is 22.6 Å². The van der Waals surface area contributed by atoms with Gasteiger partial charge in [-0.15, -0.1) is 0 Å². The topological polar surface area (TPSA) is 159 Å². The minimum atomic E-state index is -3.03. The second kappa shape index (κ2) is 17.0. The van der Waals surface area contributed by atoms with Crippen LogP contribution in [-0.4, -0.2) is 56.6 Å². The van der Waals surface area contributed by atoms with E-state index in [1.165, 1.54) is 30.7 Å². The summed E-state index contributed by atoms with van der Waals surface area (Å²) in [6.45, 7) is 0.206. The molecule has 0 radical (unpaired) electrons. The lowest BCUT2D eigenvalue weighted by atomic mass is 9.98. The molecular weight excluding hydrogens is 867 g/mol. The van der Waals surface area contributed by atoms with E-state index in [0.29, 0.717) is 34.9 Å². The molecule has 8 rings (SSSR count). The van der Waals surface area contributed by atoms with Gasteiger partial charge in [0.05, 0.1) is 58.3 Å². The second-order valence-corrected chi connectivity index (χ2v) is 16.5. The molecule has 2 aliphatic rings. The van der Waals surface area contributed by atoms with Gasteiger partial charge in [0.15, 0.2) is 5.67 Å². The highest BCUT2D eigenvalue weighted by molar-refractivity contribution is 7.97. The van der Waals surface area contributed by atoms with E-state index in [9.17, 15) is 27.5 Å². The van der Waals surface area contributed by atoms with Crippen LogP contribution in [-0.2, 0) is 30.0 Å². The van der Waals surface area contributed by atoms with E-state index in [2.05, 4.69) is 20.5 Å². The van der Waals surface area contributed by atoms with E-state index >= 15 is 9.18 Å². The molecule has 0 saturated heterocycles. The van der Waals surface area contributed by atoms with Gasteiger partial charge in [-0.25, -0.2) is 26.9 Å². The average Bonchev–Trinajstić information content (AvgIpc) is 3.90. The lowest BCUT2D eigenvalue weighted by Gasteiger charge is -2.26. The Balaban J connectivity index is 1.34. The third-order valence-corrected chi connectivity index (χ3v) is 12.3. The number of anilines is 1. The molecule has 0 spiro atoms. The molecule has 4 aromatic carbocycles. The van der Waals surface area contributed by atoms with E-state index in [1.54, 1.807) is 49.7 Å². The number of rotatable bonds is 14. The fourth-order valence-corrected chi connectivity index (χ4v) is 9.40. The number of hydrogen-bond donors (Lipinski definition) is 5. The molecular formula is C44H40ClF5N8O4S. The van der Waals surface area contributed by atoms with Crippen molar-refractivity contribution in [3.63, 3.8) is 0 Å². The molecule has 4 atom stereocenters. The number of halogens is 6. The zero-order valence-electron chi connectivity index (χ0n) is 34.1. The van der Waals surface area contributed by atoms with Crippen LogP contribution < -0.4 is 25.7 Å².